The lowest BCUT2D eigenvalue weighted by Crippen LogP contribution is -1.94. The van der Waals surface area contributed by atoms with Gasteiger partial charge in [0.1, 0.15) is 11.6 Å². The molecule has 0 aliphatic rings. The fraction of sp³-hybridized carbons (Fsp3) is 0.417. The summed E-state index contributed by atoms with van der Waals surface area (Å²) >= 11 is 0. The molecule has 0 N–H and O–H groups in total. The molecule has 0 unspecified atom stereocenters. The summed E-state index contributed by atoms with van der Waals surface area (Å²) in [6.45, 7) is 7.75. The molecule has 0 aliphatic carbocycles. The quantitative estimate of drug-likeness (QED) is 0.395. The molecule has 2 rings (SSSR count). The molecule has 0 radical (unpaired) electrons. The third-order valence-corrected chi connectivity index (χ3v) is 4.77. The van der Waals surface area contributed by atoms with Gasteiger partial charge in [-0.2, -0.15) is 0 Å². The van der Waals surface area contributed by atoms with E-state index >= 15 is 0 Å². The van der Waals surface area contributed by atoms with Gasteiger partial charge in [-0.15, -0.1) is 0 Å². The monoisotopic (exact) mass is 354 g/mol. The highest BCUT2D eigenvalue weighted by Crippen LogP contribution is 2.19. The molecule has 0 atom stereocenters. The van der Waals surface area contributed by atoms with E-state index in [1.54, 1.807) is 0 Å². The lowest BCUT2D eigenvalue weighted by Gasteiger charge is -2.08. The van der Waals surface area contributed by atoms with E-state index in [9.17, 15) is 8.78 Å². The van der Waals surface area contributed by atoms with Crippen molar-refractivity contribution in [1.29, 1.82) is 0 Å². The first-order chi connectivity index (χ1) is 12.4. The molecular formula is C24H28F2. The predicted molar refractivity (Wildman–Crippen MR) is 105 cm³/mol. The van der Waals surface area contributed by atoms with E-state index < -0.39 is 11.6 Å². The van der Waals surface area contributed by atoms with Crippen LogP contribution in [-0.4, -0.2) is 0 Å². The number of rotatable bonds is 6. The Hall–Kier alpha value is -2.14. The van der Waals surface area contributed by atoms with E-state index in [0.717, 1.165) is 23.1 Å². The van der Waals surface area contributed by atoms with Gasteiger partial charge in [0.2, 0.25) is 0 Å². The maximum Gasteiger partial charge on any atom is 0.130 e. The molecule has 0 bridgehead atoms. The van der Waals surface area contributed by atoms with Gasteiger partial charge in [0, 0.05) is 16.7 Å². The number of unbranched alkanes of at least 4 members (excludes halogenated alkanes) is 4. The second-order valence-corrected chi connectivity index (χ2v) is 7.08. The molecular weight excluding hydrogens is 326 g/mol. The maximum atomic E-state index is 13.7. The summed E-state index contributed by atoms with van der Waals surface area (Å²) in [6.07, 6.45) is 7.46. The zero-order valence-corrected chi connectivity index (χ0v) is 16.3. The molecule has 2 heteroatoms. The Morgan fingerprint density at radius 2 is 1.35 bits per heavy atom. The first kappa shape index (κ1) is 20.2. The Morgan fingerprint density at radius 1 is 0.769 bits per heavy atom. The van der Waals surface area contributed by atoms with Crippen molar-refractivity contribution in [2.24, 2.45) is 0 Å². The topological polar surface area (TPSA) is 0 Å². The van der Waals surface area contributed by atoms with Crippen LogP contribution in [0.15, 0.2) is 24.3 Å². The van der Waals surface area contributed by atoms with Crippen LogP contribution < -0.4 is 0 Å². The van der Waals surface area contributed by atoms with Crippen molar-refractivity contribution >= 4 is 0 Å². The molecule has 0 aliphatic heterocycles. The summed E-state index contributed by atoms with van der Waals surface area (Å²) < 4.78 is 27.3. The SMILES string of the molecule is CCCCCCCc1cc(C)c(C#Cc2cc(F)c(C)c(F)c2)c(C)c1. The average molecular weight is 354 g/mol. The van der Waals surface area contributed by atoms with Crippen LogP contribution >= 0.6 is 0 Å². The van der Waals surface area contributed by atoms with Crippen molar-refractivity contribution in [3.63, 3.8) is 0 Å². The van der Waals surface area contributed by atoms with Crippen LogP contribution in [0.1, 0.15) is 72.4 Å². The third-order valence-electron chi connectivity index (χ3n) is 4.77. The summed E-state index contributed by atoms with van der Waals surface area (Å²) in [6, 6.07) is 6.96. The number of halogens is 2. The van der Waals surface area contributed by atoms with Gasteiger partial charge in [-0.05, 0) is 62.4 Å². The lowest BCUT2D eigenvalue weighted by molar-refractivity contribution is 0.567. The van der Waals surface area contributed by atoms with Crippen molar-refractivity contribution in [3.8, 4) is 11.8 Å². The van der Waals surface area contributed by atoms with Gasteiger partial charge in [0.05, 0.1) is 0 Å². The van der Waals surface area contributed by atoms with Crippen LogP contribution in [0.5, 0.6) is 0 Å². The fourth-order valence-electron chi connectivity index (χ4n) is 3.18. The first-order valence-electron chi connectivity index (χ1n) is 9.50. The van der Waals surface area contributed by atoms with Crippen LogP contribution in [0.4, 0.5) is 8.78 Å². The Balaban J connectivity index is 2.14. The lowest BCUT2D eigenvalue weighted by atomic mass is 9.96. The number of hydrogen-bond donors (Lipinski definition) is 0. The second kappa shape index (κ2) is 9.53. The summed E-state index contributed by atoms with van der Waals surface area (Å²) in [5, 5.41) is 0. The Labute approximate surface area is 156 Å². The van der Waals surface area contributed by atoms with E-state index in [1.807, 2.05) is 13.8 Å². The average Bonchev–Trinajstić information content (AvgIpc) is 2.58. The molecule has 0 saturated heterocycles. The fourth-order valence-corrected chi connectivity index (χ4v) is 3.18. The van der Waals surface area contributed by atoms with Crippen LogP contribution in [0.3, 0.4) is 0 Å². The van der Waals surface area contributed by atoms with Gasteiger partial charge in [-0.1, -0.05) is 56.6 Å². The largest absolute Gasteiger partial charge is 0.207 e. The van der Waals surface area contributed by atoms with Gasteiger partial charge in [0.25, 0.3) is 0 Å². The summed E-state index contributed by atoms with van der Waals surface area (Å²) in [4.78, 5) is 0. The van der Waals surface area contributed by atoms with E-state index in [1.165, 1.54) is 56.7 Å². The van der Waals surface area contributed by atoms with E-state index in [4.69, 9.17) is 0 Å². The first-order valence-corrected chi connectivity index (χ1v) is 9.50. The van der Waals surface area contributed by atoms with Crippen LogP contribution in [0.2, 0.25) is 0 Å². The van der Waals surface area contributed by atoms with Crippen molar-refractivity contribution in [2.75, 3.05) is 0 Å². The standard InChI is InChI=1S/C24H28F2/c1-5-6-7-8-9-10-20-13-17(2)22(18(3)14-20)12-11-21-15-23(25)19(4)24(26)16-21/h13-16H,5-10H2,1-4H3. The van der Waals surface area contributed by atoms with Crippen molar-refractivity contribution in [2.45, 2.75) is 66.2 Å². The van der Waals surface area contributed by atoms with Crippen LogP contribution in [-0.2, 0) is 6.42 Å². The molecule has 26 heavy (non-hydrogen) atoms. The summed E-state index contributed by atoms with van der Waals surface area (Å²) in [5.41, 5.74) is 4.93. The number of benzene rings is 2. The molecule has 0 nitrogen and oxygen atoms in total. The molecule has 0 aromatic heterocycles. The van der Waals surface area contributed by atoms with Crippen molar-refractivity contribution in [1.82, 2.24) is 0 Å². The minimum Gasteiger partial charge on any atom is -0.207 e. The van der Waals surface area contributed by atoms with Crippen molar-refractivity contribution < 1.29 is 8.78 Å². The van der Waals surface area contributed by atoms with Crippen LogP contribution in [0, 0.1) is 44.2 Å². The van der Waals surface area contributed by atoms with Gasteiger partial charge in [-0.25, -0.2) is 8.78 Å². The number of aryl methyl sites for hydroxylation is 3. The van der Waals surface area contributed by atoms with Crippen LogP contribution in [0.25, 0.3) is 0 Å². The van der Waals surface area contributed by atoms with Gasteiger partial charge in [-0.3, -0.25) is 0 Å². The normalized spacial score (nSPS) is 10.5. The van der Waals surface area contributed by atoms with E-state index in [0.29, 0.717) is 5.56 Å². The molecule has 0 saturated carbocycles. The Morgan fingerprint density at radius 3 is 1.92 bits per heavy atom. The molecule has 138 valence electrons. The number of hydrogen-bond acceptors (Lipinski definition) is 0. The summed E-state index contributed by atoms with van der Waals surface area (Å²) in [5.74, 6) is 4.90. The highest BCUT2D eigenvalue weighted by atomic mass is 19.1. The highest BCUT2D eigenvalue weighted by molar-refractivity contribution is 5.51. The van der Waals surface area contributed by atoms with Gasteiger partial charge >= 0.3 is 0 Å². The molecule has 0 fully saturated rings. The molecule has 0 heterocycles. The van der Waals surface area contributed by atoms with Crippen molar-refractivity contribution in [3.05, 3.63) is 69.3 Å². The zero-order chi connectivity index (χ0) is 19.1. The van der Waals surface area contributed by atoms with E-state index in [-0.39, 0.29) is 5.56 Å². The third kappa shape index (κ3) is 5.43. The highest BCUT2D eigenvalue weighted by Gasteiger charge is 2.06. The minimum absolute atomic E-state index is 0.0335. The zero-order valence-electron chi connectivity index (χ0n) is 16.3. The van der Waals surface area contributed by atoms with E-state index in [2.05, 4.69) is 30.9 Å². The maximum absolute atomic E-state index is 13.7. The Kier molecular flexibility index (Phi) is 7.39. The second-order valence-electron chi connectivity index (χ2n) is 7.08. The predicted octanol–water partition coefficient (Wildman–Crippen LogP) is 6.80. The molecule has 0 spiro atoms. The molecule has 0 amide bonds. The molecule has 2 aromatic rings. The van der Waals surface area contributed by atoms with Gasteiger partial charge in [0.15, 0.2) is 0 Å². The smallest absolute Gasteiger partial charge is 0.130 e. The minimum atomic E-state index is -0.554. The van der Waals surface area contributed by atoms with Gasteiger partial charge < -0.3 is 0 Å². The molecule has 2 aromatic carbocycles. The Bertz CT molecular complexity index is 776. The summed E-state index contributed by atoms with van der Waals surface area (Å²) in [7, 11) is 0.